The number of nitrogens with one attached hydrogen (secondary N) is 1. The van der Waals surface area contributed by atoms with Crippen LogP contribution < -0.4 is 5.32 Å². The van der Waals surface area contributed by atoms with E-state index < -0.39 is 5.82 Å². The Kier molecular flexibility index (Phi) is 7.06. The van der Waals surface area contributed by atoms with Crippen LogP contribution in [0.1, 0.15) is 38.2 Å². The van der Waals surface area contributed by atoms with Crippen LogP contribution in [-0.4, -0.2) is 36.5 Å². The van der Waals surface area contributed by atoms with E-state index in [2.05, 4.69) is 17.1 Å². The Labute approximate surface area is 142 Å². The van der Waals surface area contributed by atoms with Crippen molar-refractivity contribution in [2.75, 3.05) is 19.6 Å². The molecule has 23 heavy (non-hydrogen) atoms. The van der Waals surface area contributed by atoms with Gasteiger partial charge in [0.25, 0.3) is 0 Å². The molecule has 5 heteroatoms. The summed E-state index contributed by atoms with van der Waals surface area (Å²) < 4.78 is 13.6. The van der Waals surface area contributed by atoms with Gasteiger partial charge in [-0.05, 0) is 50.9 Å². The number of nitrogens with zero attached hydrogens (tertiary/aromatic N) is 1. The third-order valence-corrected chi connectivity index (χ3v) is 4.59. The molecule has 126 valence electrons. The van der Waals surface area contributed by atoms with E-state index >= 15 is 0 Å². The highest BCUT2D eigenvalue weighted by molar-refractivity contribution is 6.32. The first-order chi connectivity index (χ1) is 11.1. The fraction of sp³-hybridized carbons (Fsp3) is 0.500. The van der Waals surface area contributed by atoms with Gasteiger partial charge >= 0.3 is 0 Å². The van der Waals surface area contributed by atoms with Crippen LogP contribution >= 0.6 is 11.6 Å². The molecule has 1 saturated heterocycles. The van der Waals surface area contributed by atoms with Crippen LogP contribution in [0.15, 0.2) is 24.3 Å². The molecule has 1 N–H and O–H groups in total. The summed E-state index contributed by atoms with van der Waals surface area (Å²) >= 11 is 5.91. The van der Waals surface area contributed by atoms with Crippen LogP contribution in [0.4, 0.5) is 4.39 Å². The zero-order chi connectivity index (χ0) is 16.7. The first-order valence-corrected chi connectivity index (χ1v) is 8.59. The van der Waals surface area contributed by atoms with Crippen LogP contribution in [0.5, 0.6) is 0 Å². The first-order valence-electron chi connectivity index (χ1n) is 8.22. The first kappa shape index (κ1) is 18.0. The number of piperidine rings is 1. The molecular formula is C18H24ClFN2O. The topological polar surface area (TPSA) is 32.3 Å². The SMILES string of the molecule is C[C@H]1CCCCN1CCCNC(=O)/C=C/c1c(F)cccc1Cl. The summed E-state index contributed by atoms with van der Waals surface area (Å²) in [5.74, 6) is -0.656. The van der Waals surface area contributed by atoms with Crippen molar-refractivity contribution in [1.82, 2.24) is 10.2 Å². The molecule has 3 nitrogen and oxygen atoms in total. The number of hydrogen-bond donors (Lipinski definition) is 1. The van der Waals surface area contributed by atoms with E-state index in [9.17, 15) is 9.18 Å². The van der Waals surface area contributed by atoms with Gasteiger partial charge in [-0.3, -0.25) is 4.79 Å². The summed E-state index contributed by atoms with van der Waals surface area (Å²) in [6, 6.07) is 5.10. The summed E-state index contributed by atoms with van der Waals surface area (Å²) in [6.07, 6.45) is 7.51. The number of carbonyl (C=O) groups excluding carboxylic acids is 1. The standard InChI is InChI=1S/C18H24ClFN2O/c1-14-6-2-3-12-22(14)13-5-11-21-18(23)10-9-15-16(19)7-4-8-17(15)20/h4,7-10,14H,2-3,5-6,11-13H2,1H3,(H,21,23)/b10-9+/t14-/m0/s1. The minimum absolute atomic E-state index is 0.226. The van der Waals surface area contributed by atoms with E-state index in [0.717, 1.165) is 19.5 Å². The minimum Gasteiger partial charge on any atom is -0.353 e. The lowest BCUT2D eigenvalue weighted by atomic mass is 10.0. The Balaban J connectivity index is 1.72. The zero-order valence-electron chi connectivity index (χ0n) is 13.5. The summed E-state index contributed by atoms with van der Waals surface area (Å²) in [5.41, 5.74) is 0.242. The molecule has 1 aliphatic heterocycles. The van der Waals surface area contributed by atoms with Crippen molar-refractivity contribution in [3.8, 4) is 0 Å². The van der Waals surface area contributed by atoms with Gasteiger partial charge in [0.1, 0.15) is 5.82 Å². The smallest absolute Gasteiger partial charge is 0.244 e. The molecule has 1 fully saturated rings. The Morgan fingerprint density at radius 2 is 2.30 bits per heavy atom. The molecule has 1 amide bonds. The molecule has 1 aromatic rings. The zero-order valence-corrected chi connectivity index (χ0v) is 14.3. The monoisotopic (exact) mass is 338 g/mol. The fourth-order valence-electron chi connectivity index (χ4n) is 2.87. The van der Waals surface area contributed by atoms with Crippen LogP contribution in [0.2, 0.25) is 5.02 Å². The quantitative estimate of drug-likeness (QED) is 0.630. The average Bonchev–Trinajstić information content (AvgIpc) is 2.52. The summed E-state index contributed by atoms with van der Waals surface area (Å²) in [5, 5.41) is 3.13. The number of likely N-dealkylation sites (tertiary alicyclic amines) is 1. The molecule has 1 atom stereocenters. The van der Waals surface area contributed by atoms with E-state index in [1.807, 2.05) is 0 Å². The second-order valence-electron chi connectivity index (χ2n) is 5.99. The molecule has 0 radical (unpaired) electrons. The van der Waals surface area contributed by atoms with E-state index in [-0.39, 0.29) is 11.5 Å². The highest BCUT2D eigenvalue weighted by Gasteiger charge is 2.17. The lowest BCUT2D eigenvalue weighted by molar-refractivity contribution is -0.116. The Morgan fingerprint density at radius 3 is 3.04 bits per heavy atom. The second-order valence-corrected chi connectivity index (χ2v) is 6.40. The molecule has 1 aromatic carbocycles. The van der Waals surface area contributed by atoms with Gasteiger partial charge in [-0.2, -0.15) is 0 Å². The number of benzene rings is 1. The predicted octanol–water partition coefficient (Wildman–Crippen LogP) is 3.87. The van der Waals surface area contributed by atoms with E-state index in [0.29, 0.717) is 17.6 Å². The third-order valence-electron chi connectivity index (χ3n) is 4.26. The van der Waals surface area contributed by atoms with Crippen molar-refractivity contribution in [2.24, 2.45) is 0 Å². The van der Waals surface area contributed by atoms with E-state index in [1.165, 1.54) is 43.5 Å². The normalized spacial score (nSPS) is 19.2. The molecule has 0 saturated carbocycles. The minimum atomic E-state index is -0.430. The number of halogens is 2. The van der Waals surface area contributed by atoms with Crippen molar-refractivity contribution in [2.45, 2.75) is 38.6 Å². The highest BCUT2D eigenvalue weighted by atomic mass is 35.5. The van der Waals surface area contributed by atoms with Gasteiger partial charge < -0.3 is 10.2 Å². The van der Waals surface area contributed by atoms with Gasteiger partial charge in [0.05, 0.1) is 5.02 Å². The molecule has 2 rings (SSSR count). The van der Waals surface area contributed by atoms with Gasteiger partial charge in [-0.25, -0.2) is 4.39 Å². The maximum Gasteiger partial charge on any atom is 0.244 e. The number of amides is 1. The summed E-state index contributed by atoms with van der Waals surface area (Å²) in [6.45, 7) is 5.04. The molecule has 0 spiro atoms. The number of rotatable bonds is 6. The van der Waals surface area contributed by atoms with Crippen LogP contribution in [-0.2, 0) is 4.79 Å². The average molecular weight is 339 g/mol. The van der Waals surface area contributed by atoms with E-state index in [4.69, 9.17) is 11.6 Å². The fourth-order valence-corrected chi connectivity index (χ4v) is 3.10. The maximum absolute atomic E-state index is 13.6. The van der Waals surface area contributed by atoms with Crippen molar-refractivity contribution in [3.63, 3.8) is 0 Å². The van der Waals surface area contributed by atoms with Gasteiger partial charge in [-0.1, -0.05) is 24.1 Å². The number of hydrogen-bond acceptors (Lipinski definition) is 2. The summed E-state index contributed by atoms with van der Waals surface area (Å²) in [4.78, 5) is 14.3. The summed E-state index contributed by atoms with van der Waals surface area (Å²) in [7, 11) is 0. The van der Waals surface area contributed by atoms with Crippen molar-refractivity contribution >= 4 is 23.6 Å². The van der Waals surface area contributed by atoms with Crippen LogP contribution in [0, 0.1) is 5.82 Å². The second kappa shape index (κ2) is 9.04. The lowest BCUT2D eigenvalue weighted by Gasteiger charge is -2.33. The van der Waals surface area contributed by atoms with Gasteiger partial charge in [-0.15, -0.1) is 0 Å². The predicted molar refractivity (Wildman–Crippen MR) is 93.0 cm³/mol. The largest absolute Gasteiger partial charge is 0.353 e. The molecule has 0 aliphatic carbocycles. The van der Waals surface area contributed by atoms with Gasteiger partial charge in [0.15, 0.2) is 0 Å². The van der Waals surface area contributed by atoms with Gasteiger partial charge in [0, 0.05) is 30.8 Å². The Morgan fingerprint density at radius 1 is 1.48 bits per heavy atom. The molecule has 0 bridgehead atoms. The van der Waals surface area contributed by atoms with E-state index in [1.54, 1.807) is 6.07 Å². The number of carbonyl (C=O) groups is 1. The Bertz CT molecular complexity index is 542. The molecule has 1 aliphatic rings. The third kappa shape index (κ3) is 5.63. The van der Waals surface area contributed by atoms with Crippen LogP contribution in [0.3, 0.4) is 0 Å². The maximum atomic E-state index is 13.6. The molecular weight excluding hydrogens is 315 g/mol. The molecule has 0 aromatic heterocycles. The molecule has 1 heterocycles. The van der Waals surface area contributed by atoms with Crippen molar-refractivity contribution < 1.29 is 9.18 Å². The Hall–Kier alpha value is -1.39. The highest BCUT2D eigenvalue weighted by Crippen LogP contribution is 2.20. The van der Waals surface area contributed by atoms with Crippen LogP contribution in [0.25, 0.3) is 6.08 Å². The molecule has 0 unspecified atom stereocenters. The van der Waals surface area contributed by atoms with Crippen molar-refractivity contribution in [3.05, 3.63) is 40.7 Å². The van der Waals surface area contributed by atoms with Crippen molar-refractivity contribution in [1.29, 1.82) is 0 Å². The van der Waals surface area contributed by atoms with Gasteiger partial charge in [0.2, 0.25) is 5.91 Å². The lowest BCUT2D eigenvalue weighted by Crippen LogP contribution is -2.39.